The van der Waals surface area contributed by atoms with Crippen LogP contribution < -0.4 is 4.31 Å². The molecule has 0 unspecified atom stereocenters. The summed E-state index contributed by atoms with van der Waals surface area (Å²) in [6.07, 6.45) is 4.14. The number of halogens is 6. The van der Waals surface area contributed by atoms with Gasteiger partial charge in [-0.15, -0.1) is 0 Å². The van der Waals surface area contributed by atoms with Crippen molar-refractivity contribution in [2.24, 2.45) is 23.2 Å². The first-order valence-electron chi connectivity index (χ1n) is 10.6. The van der Waals surface area contributed by atoms with Gasteiger partial charge >= 0.3 is 26.5 Å². The molecule has 0 saturated heterocycles. The molecule has 1 aromatic carbocycles. The fraction of sp³-hybridized carbons (Fsp3) is 0.700. The Hall–Kier alpha value is -1.54. The molecule has 0 N–H and O–H groups in total. The molecule has 5 rings (SSSR count). The molecule has 4 aliphatic rings. The topological polar surface area (TPSA) is 94.6 Å². The van der Waals surface area contributed by atoms with Crippen molar-refractivity contribution in [3.63, 3.8) is 0 Å². The van der Waals surface area contributed by atoms with E-state index in [1.807, 2.05) is 0 Å². The number of hydrogen-bond donors (Lipinski definition) is 0. The number of alkyl halides is 6. The van der Waals surface area contributed by atoms with Crippen molar-refractivity contribution in [2.75, 3.05) is 10.8 Å². The van der Waals surface area contributed by atoms with Gasteiger partial charge in [0.15, 0.2) is 10.1 Å². The van der Waals surface area contributed by atoms with Crippen molar-refractivity contribution in [1.82, 2.24) is 0 Å². The molecule has 0 aromatic heterocycles. The maximum absolute atomic E-state index is 14.8. The normalized spacial score (nSPS) is 29.9. The maximum Gasteiger partial charge on any atom is 0.433 e. The number of benzene rings is 1. The Morgan fingerprint density at radius 1 is 0.824 bits per heavy atom. The van der Waals surface area contributed by atoms with Crippen LogP contribution in [0.15, 0.2) is 30.3 Å². The fourth-order valence-electron chi connectivity index (χ4n) is 6.32. The SMILES string of the molecule is O=S(=O)([O-])C(F)(F)C(F)(F)C(F)(F)S(=O)(=O)N(CC12CC3CC(CC(C3)C1)C2)c1ccccc1. The second-order valence-corrected chi connectivity index (χ2v) is 13.2. The summed E-state index contributed by atoms with van der Waals surface area (Å²) in [4.78, 5) is 0. The molecule has 0 aliphatic heterocycles. The maximum atomic E-state index is 14.8. The van der Waals surface area contributed by atoms with Crippen LogP contribution in [0.4, 0.5) is 32.0 Å². The summed E-state index contributed by atoms with van der Waals surface area (Å²) in [5.41, 5.74) is -1.27. The summed E-state index contributed by atoms with van der Waals surface area (Å²) < 4.78 is 144. The van der Waals surface area contributed by atoms with Gasteiger partial charge in [-0.3, -0.25) is 4.31 Å². The van der Waals surface area contributed by atoms with Crippen LogP contribution in [0.1, 0.15) is 38.5 Å². The molecular weight excluding hydrogens is 512 g/mol. The van der Waals surface area contributed by atoms with Gasteiger partial charge < -0.3 is 4.55 Å². The number of anilines is 1. The third-order valence-corrected chi connectivity index (χ3v) is 10.1. The van der Waals surface area contributed by atoms with E-state index in [-0.39, 0.29) is 22.1 Å². The molecule has 4 saturated carbocycles. The van der Waals surface area contributed by atoms with Crippen molar-refractivity contribution in [3.05, 3.63) is 30.3 Å². The van der Waals surface area contributed by atoms with Crippen LogP contribution in [-0.2, 0) is 20.1 Å². The van der Waals surface area contributed by atoms with Gasteiger partial charge in [0.05, 0.1) is 5.69 Å². The predicted molar refractivity (Wildman–Crippen MR) is 108 cm³/mol. The van der Waals surface area contributed by atoms with Gasteiger partial charge in [-0.05, 0) is 73.8 Å². The Bertz CT molecular complexity index is 1120. The quantitative estimate of drug-likeness (QED) is 0.364. The lowest BCUT2D eigenvalue weighted by molar-refractivity contribution is -0.245. The summed E-state index contributed by atoms with van der Waals surface area (Å²) >= 11 is 0. The molecular formula is C20H22F6NO5S2-. The summed E-state index contributed by atoms with van der Waals surface area (Å²) in [6, 6.07) is 6.02. The minimum Gasteiger partial charge on any atom is -0.743 e. The Labute approximate surface area is 193 Å². The number of sulfonamides is 1. The fourth-order valence-corrected chi connectivity index (χ4v) is 8.40. The Balaban J connectivity index is 1.79. The minimum absolute atomic E-state index is 0.0123. The smallest absolute Gasteiger partial charge is 0.433 e. The molecule has 0 spiro atoms. The van der Waals surface area contributed by atoms with E-state index < -0.39 is 54.2 Å². The number of para-hydroxylation sites is 1. The molecule has 1 aromatic rings. The highest BCUT2D eigenvalue weighted by atomic mass is 32.2. The molecule has 4 bridgehead atoms. The van der Waals surface area contributed by atoms with E-state index >= 15 is 0 Å². The van der Waals surface area contributed by atoms with Gasteiger partial charge in [0.25, 0.3) is 0 Å². The Kier molecular flexibility index (Phi) is 5.81. The van der Waals surface area contributed by atoms with Gasteiger partial charge in [-0.2, -0.15) is 34.8 Å². The van der Waals surface area contributed by atoms with E-state index in [1.165, 1.54) is 18.2 Å². The highest BCUT2D eigenvalue weighted by molar-refractivity contribution is 7.94. The highest BCUT2D eigenvalue weighted by Crippen LogP contribution is 2.61. The van der Waals surface area contributed by atoms with Crippen LogP contribution in [0.3, 0.4) is 0 Å². The summed E-state index contributed by atoms with van der Waals surface area (Å²) in [5, 5.41) is -13.5. The molecule has 4 aliphatic carbocycles. The highest BCUT2D eigenvalue weighted by Gasteiger charge is 2.81. The number of nitrogens with zero attached hydrogens (tertiary/aromatic N) is 1. The number of rotatable bonds is 8. The van der Waals surface area contributed by atoms with E-state index in [0.29, 0.717) is 19.3 Å². The average Bonchev–Trinajstić information content (AvgIpc) is 2.70. The average molecular weight is 535 g/mol. The zero-order chi connectivity index (χ0) is 25.4. The first kappa shape index (κ1) is 25.5. The molecule has 0 radical (unpaired) electrons. The molecule has 4 fully saturated rings. The van der Waals surface area contributed by atoms with Crippen LogP contribution in [0, 0.1) is 23.2 Å². The second-order valence-electron chi connectivity index (χ2n) is 9.83. The number of hydrogen-bond acceptors (Lipinski definition) is 5. The van der Waals surface area contributed by atoms with Crippen LogP contribution >= 0.6 is 0 Å². The zero-order valence-corrected chi connectivity index (χ0v) is 19.3. The Morgan fingerprint density at radius 2 is 1.26 bits per heavy atom. The monoisotopic (exact) mass is 534 g/mol. The molecule has 192 valence electrons. The third-order valence-electron chi connectivity index (χ3n) is 7.35. The standard InChI is InChI=1S/C20H23F6NO5S2/c21-18(22,20(25,26)34(30,31)32)19(23,24)33(28,29)27(16-4-2-1-3-5-16)12-17-9-13-6-14(10-17)8-15(7-13)11-17/h1-5,13-15H,6-12H2,(H,30,31,32)/p-1. The zero-order valence-electron chi connectivity index (χ0n) is 17.6. The van der Waals surface area contributed by atoms with Crippen LogP contribution in [0.5, 0.6) is 0 Å². The largest absolute Gasteiger partial charge is 0.743 e. The second kappa shape index (κ2) is 7.73. The molecule has 0 heterocycles. The molecule has 0 atom stereocenters. The lowest BCUT2D eigenvalue weighted by Crippen LogP contribution is -2.64. The van der Waals surface area contributed by atoms with Crippen molar-refractivity contribution in [1.29, 1.82) is 0 Å². The van der Waals surface area contributed by atoms with Gasteiger partial charge in [-0.1, -0.05) is 18.2 Å². The van der Waals surface area contributed by atoms with Crippen molar-refractivity contribution < 1.29 is 47.7 Å². The summed E-state index contributed by atoms with van der Waals surface area (Å²) in [6.45, 7) is -0.649. The summed E-state index contributed by atoms with van der Waals surface area (Å²) in [7, 11) is -14.0. The van der Waals surface area contributed by atoms with Crippen molar-refractivity contribution >= 4 is 25.8 Å². The molecule has 0 amide bonds. The van der Waals surface area contributed by atoms with Crippen molar-refractivity contribution in [3.8, 4) is 0 Å². The molecule has 34 heavy (non-hydrogen) atoms. The van der Waals surface area contributed by atoms with Crippen LogP contribution in [0.2, 0.25) is 0 Å². The van der Waals surface area contributed by atoms with Gasteiger partial charge in [-0.25, -0.2) is 8.42 Å². The predicted octanol–water partition coefficient (Wildman–Crippen LogP) is 4.41. The third kappa shape index (κ3) is 3.71. The van der Waals surface area contributed by atoms with Gasteiger partial charge in [0.2, 0.25) is 0 Å². The summed E-state index contributed by atoms with van der Waals surface area (Å²) in [5.74, 6) is -6.36. The first-order valence-corrected chi connectivity index (χ1v) is 13.4. The van der Waals surface area contributed by atoms with E-state index in [1.54, 1.807) is 0 Å². The van der Waals surface area contributed by atoms with E-state index in [9.17, 15) is 47.7 Å². The molecule has 14 heteroatoms. The van der Waals surface area contributed by atoms with Gasteiger partial charge in [0, 0.05) is 6.54 Å². The van der Waals surface area contributed by atoms with E-state index in [2.05, 4.69) is 0 Å². The minimum atomic E-state index is -7.33. The van der Waals surface area contributed by atoms with Crippen LogP contribution in [0.25, 0.3) is 0 Å². The molecule has 6 nitrogen and oxygen atoms in total. The van der Waals surface area contributed by atoms with E-state index in [0.717, 1.165) is 31.4 Å². The van der Waals surface area contributed by atoms with Crippen molar-refractivity contribution in [2.45, 2.75) is 55.0 Å². The van der Waals surface area contributed by atoms with Crippen LogP contribution in [-0.4, -0.2) is 44.4 Å². The lowest BCUT2D eigenvalue weighted by Gasteiger charge is -2.57. The van der Waals surface area contributed by atoms with Gasteiger partial charge in [0.1, 0.15) is 0 Å². The first-order chi connectivity index (χ1) is 15.4. The van der Waals surface area contributed by atoms with E-state index in [4.69, 9.17) is 0 Å². The Morgan fingerprint density at radius 3 is 1.68 bits per heavy atom. The lowest BCUT2D eigenvalue weighted by atomic mass is 9.49.